The predicted octanol–water partition coefficient (Wildman–Crippen LogP) is 5.14. The Morgan fingerprint density at radius 3 is 3.00 bits per heavy atom. The second kappa shape index (κ2) is 8.05. The van der Waals surface area contributed by atoms with Gasteiger partial charge in [0.2, 0.25) is 0 Å². The SMILES string of the molecule is CCOC(=O)N1CCc2c(sc3c2C(=O)N[C@H](c2ccc(-c4cccc(Br)c4)o2)N3)C1. The number of nitrogens with zero attached hydrogens (tertiary/aromatic N) is 1. The molecule has 0 saturated heterocycles. The van der Waals surface area contributed by atoms with Crippen LogP contribution in [-0.2, 0) is 17.7 Å². The first-order valence-electron chi connectivity index (χ1n) is 10.0. The van der Waals surface area contributed by atoms with Gasteiger partial charge in [-0.1, -0.05) is 28.1 Å². The highest BCUT2D eigenvalue weighted by Gasteiger charge is 2.35. The molecule has 0 bridgehead atoms. The van der Waals surface area contributed by atoms with E-state index < -0.39 is 6.17 Å². The van der Waals surface area contributed by atoms with Crippen molar-refractivity contribution in [2.75, 3.05) is 18.5 Å². The molecule has 0 unspecified atom stereocenters. The van der Waals surface area contributed by atoms with Crippen LogP contribution in [0.5, 0.6) is 0 Å². The molecule has 31 heavy (non-hydrogen) atoms. The first-order chi connectivity index (χ1) is 15.0. The summed E-state index contributed by atoms with van der Waals surface area (Å²) in [6, 6.07) is 11.6. The molecular formula is C22H20BrN3O4S. The first-order valence-corrected chi connectivity index (χ1v) is 11.6. The van der Waals surface area contributed by atoms with E-state index in [1.807, 2.05) is 36.4 Å². The normalized spacial score (nSPS) is 17.4. The van der Waals surface area contributed by atoms with Gasteiger partial charge in [0, 0.05) is 21.5 Å². The molecule has 7 nitrogen and oxygen atoms in total. The van der Waals surface area contributed by atoms with Gasteiger partial charge in [-0.2, -0.15) is 0 Å². The first kappa shape index (κ1) is 20.1. The Balaban J connectivity index is 1.38. The summed E-state index contributed by atoms with van der Waals surface area (Å²) >= 11 is 4.99. The lowest BCUT2D eigenvalue weighted by Gasteiger charge is -2.27. The molecule has 1 atom stereocenters. The summed E-state index contributed by atoms with van der Waals surface area (Å²) in [4.78, 5) is 27.7. The summed E-state index contributed by atoms with van der Waals surface area (Å²) in [6.07, 6.45) is -0.138. The molecule has 1 aromatic carbocycles. The zero-order valence-electron chi connectivity index (χ0n) is 16.7. The fraction of sp³-hybridized carbons (Fsp3) is 0.273. The van der Waals surface area contributed by atoms with Crippen LogP contribution in [0.1, 0.15) is 39.6 Å². The van der Waals surface area contributed by atoms with Crippen molar-refractivity contribution in [1.82, 2.24) is 10.2 Å². The lowest BCUT2D eigenvalue weighted by atomic mass is 10.0. The van der Waals surface area contributed by atoms with Crippen molar-refractivity contribution in [1.29, 1.82) is 0 Å². The van der Waals surface area contributed by atoms with Gasteiger partial charge in [0.15, 0.2) is 6.17 Å². The molecule has 2 amide bonds. The molecule has 2 aromatic heterocycles. The molecule has 2 aliphatic heterocycles. The number of amides is 2. The maximum Gasteiger partial charge on any atom is 0.410 e. The topological polar surface area (TPSA) is 83.8 Å². The predicted molar refractivity (Wildman–Crippen MR) is 121 cm³/mol. The highest BCUT2D eigenvalue weighted by molar-refractivity contribution is 9.10. The van der Waals surface area contributed by atoms with Crippen molar-refractivity contribution < 1.29 is 18.7 Å². The Bertz CT molecular complexity index is 1170. The molecule has 0 radical (unpaired) electrons. The van der Waals surface area contributed by atoms with E-state index in [1.54, 1.807) is 11.8 Å². The van der Waals surface area contributed by atoms with Gasteiger partial charge in [-0.3, -0.25) is 4.79 Å². The maximum absolute atomic E-state index is 12.9. The van der Waals surface area contributed by atoms with Crippen LogP contribution in [0.4, 0.5) is 9.80 Å². The summed E-state index contributed by atoms with van der Waals surface area (Å²) in [5.74, 6) is 1.24. The number of nitrogens with one attached hydrogen (secondary N) is 2. The average molecular weight is 502 g/mol. The standard InChI is InChI=1S/C22H20BrN3O4S/c1-2-29-22(28)26-9-8-14-17(11-26)31-21-18(14)20(27)24-19(25-21)16-7-6-15(30-16)12-4-3-5-13(23)10-12/h3-7,10,19,25H,2,8-9,11H2,1H3,(H,24,27)/t19-/m0/s1. The Labute approximate surface area is 191 Å². The van der Waals surface area contributed by atoms with Gasteiger partial charge in [0.05, 0.1) is 18.7 Å². The zero-order chi connectivity index (χ0) is 21.5. The lowest BCUT2D eigenvalue weighted by molar-refractivity contribution is 0.0929. The van der Waals surface area contributed by atoms with E-state index in [2.05, 4.69) is 26.6 Å². The number of hydrogen-bond donors (Lipinski definition) is 2. The fourth-order valence-electron chi connectivity index (χ4n) is 3.93. The van der Waals surface area contributed by atoms with Crippen molar-refractivity contribution in [3.05, 3.63) is 62.6 Å². The summed E-state index contributed by atoms with van der Waals surface area (Å²) in [7, 11) is 0. The van der Waals surface area contributed by atoms with Crippen molar-refractivity contribution in [3.8, 4) is 11.3 Å². The second-order valence-electron chi connectivity index (χ2n) is 7.34. The number of thiophene rings is 1. The van der Waals surface area contributed by atoms with E-state index in [-0.39, 0.29) is 12.0 Å². The smallest absolute Gasteiger partial charge is 0.410 e. The molecular weight excluding hydrogens is 482 g/mol. The fourth-order valence-corrected chi connectivity index (χ4v) is 5.62. The number of carbonyl (C=O) groups excluding carboxylic acids is 2. The molecule has 5 rings (SSSR count). The summed E-state index contributed by atoms with van der Waals surface area (Å²) in [6.45, 7) is 3.14. The molecule has 4 heterocycles. The number of carbonyl (C=O) groups is 2. The van der Waals surface area contributed by atoms with E-state index in [9.17, 15) is 9.59 Å². The van der Waals surface area contributed by atoms with Gasteiger partial charge >= 0.3 is 6.09 Å². The molecule has 0 spiro atoms. The summed E-state index contributed by atoms with van der Waals surface area (Å²) < 4.78 is 12.1. The molecule has 160 valence electrons. The number of benzene rings is 1. The number of furan rings is 1. The van der Waals surface area contributed by atoms with Gasteiger partial charge in [-0.05, 0) is 43.2 Å². The Hall–Kier alpha value is -2.78. The van der Waals surface area contributed by atoms with Gasteiger partial charge < -0.3 is 24.7 Å². The summed E-state index contributed by atoms with van der Waals surface area (Å²) in [5, 5.41) is 7.21. The Kier molecular flexibility index (Phi) is 5.23. The number of anilines is 1. The largest absolute Gasteiger partial charge is 0.457 e. The van der Waals surface area contributed by atoms with Crippen molar-refractivity contribution in [2.24, 2.45) is 0 Å². The number of hydrogen-bond acceptors (Lipinski definition) is 6. The van der Waals surface area contributed by atoms with Crippen molar-refractivity contribution >= 4 is 44.3 Å². The monoisotopic (exact) mass is 501 g/mol. The van der Waals surface area contributed by atoms with E-state index in [4.69, 9.17) is 9.15 Å². The lowest BCUT2D eigenvalue weighted by Crippen LogP contribution is -2.39. The van der Waals surface area contributed by atoms with Crippen LogP contribution >= 0.6 is 27.3 Å². The number of halogens is 1. The van der Waals surface area contributed by atoms with Crippen LogP contribution in [0.15, 0.2) is 45.3 Å². The van der Waals surface area contributed by atoms with Crippen molar-refractivity contribution in [3.63, 3.8) is 0 Å². The number of fused-ring (bicyclic) bond motifs is 3. The molecule has 2 aliphatic rings. The van der Waals surface area contributed by atoms with Crippen LogP contribution in [-0.4, -0.2) is 30.1 Å². The Morgan fingerprint density at radius 2 is 2.19 bits per heavy atom. The van der Waals surface area contributed by atoms with Crippen LogP contribution in [0.25, 0.3) is 11.3 Å². The highest BCUT2D eigenvalue weighted by Crippen LogP contribution is 2.41. The third-order valence-corrected chi connectivity index (χ3v) is 7.02. The third-order valence-electron chi connectivity index (χ3n) is 5.38. The maximum atomic E-state index is 12.9. The molecule has 0 aliphatic carbocycles. The van der Waals surface area contributed by atoms with Gasteiger partial charge in [-0.25, -0.2) is 4.79 Å². The minimum Gasteiger partial charge on any atom is -0.457 e. The molecule has 0 saturated carbocycles. The quantitative estimate of drug-likeness (QED) is 0.519. The van der Waals surface area contributed by atoms with Crippen LogP contribution < -0.4 is 10.6 Å². The molecule has 0 fully saturated rings. The van der Waals surface area contributed by atoms with Crippen LogP contribution in [0.3, 0.4) is 0 Å². The zero-order valence-corrected chi connectivity index (χ0v) is 19.1. The minimum absolute atomic E-state index is 0.124. The summed E-state index contributed by atoms with van der Waals surface area (Å²) in [5.41, 5.74) is 2.64. The second-order valence-corrected chi connectivity index (χ2v) is 9.36. The van der Waals surface area contributed by atoms with Crippen LogP contribution in [0, 0.1) is 0 Å². The molecule has 9 heteroatoms. The highest BCUT2D eigenvalue weighted by atomic mass is 79.9. The molecule has 2 N–H and O–H groups in total. The minimum atomic E-state index is -0.456. The van der Waals surface area contributed by atoms with Crippen LogP contribution in [0.2, 0.25) is 0 Å². The van der Waals surface area contributed by atoms with Gasteiger partial charge in [-0.15, -0.1) is 11.3 Å². The average Bonchev–Trinajstić information content (AvgIpc) is 3.38. The van der Waals surface area contributed by atoms with E-state index in [0.29, 0.717) is 37.4 Å². The van der Waals surface area contributed by atoms with Crippen molar-refractivity contribution in [2.45, 2.75) is 26.1 Å². The number of rotatable bonds is 3. The molecule has 3 aromatic rings. The van der Waals surface area contributed by atoms with Gasteiger partial charge in [0.1, 0.15) is 16.5 Å². The van der Waals surface area contributed by atoms with Gasteiger partial charge in [0.25, 0.3) is 5.91 Å². The third kappa shape index (κ3) is 3.72. The van der Waals surface area contributed by atoms with E-state index in [0.717, 1.165) is 31.2 Å². The van der Waals surface area contributed by atoms with E-state index in [1.165, 1.54) is 11.3 Å². The van der Waals surface area contributed by atoms with E-state index >= 15 is 0 Å². The number of ether oxygens (including phenoxy) is 1. The Morgan fingerprint density at radius 1 is 1.32 bits per heavy atom.